The molecule has 3 aliphatic rings. The average molecular weight is 509 g/mol. The number of rotatable bonds is 8. The maximum absolute atomic E-state index is 9.67. The lowest BCUT2D eigenvalue weighted by molar-refractivity contribution is -0.00876. The van der Waals surface area contributed by atoms with Crippen molar-refractivity contribution in [2.24, 2.45) is 5.92 Å². The Morgan fingerprint density at radius 2 is 1.95 bits per heavy atom. The van der Waals surface area contributed by atoms with Gasteiger partial charge in [0.2, 0.25) is 5.88 Å². The number of hydrogen-bond donors (Lipinski definition) is 1. The molecule has 7 heterocycles. The highest BCUT2D eigenvalue weighted by molar-refractivity contribution is 5.86. The van der Waals surface area contributed by atoms with Crippen molar-refractivity contribution in [1.29, 1.82) is 5.26 Å². The number of anilines is 2. The Kier molecular flexibility index (Phi) is 6.34. The SMILES string of the molecule is COc1ccc(CN2C3CC2CN(c2ccc(-c4cc(NCC(C)C)cn5ncc(C#N)c45)cn2)C3)cn1. The molecule has 0 aromatic carbocycles. The van der Waals surface area contributed by atoms with Gasteiger partial charge in [-0.25, -0.2) is 14.5 Å². The molecule has 0 radical (unpaired) electrons. The van der Waals surface area contributed by atoms with Crippen molar-refractivity contribution in [1.82, 2.24) is 24.5 Å². The lowest BCUT2D eigenvalue weighted by Crippen LogP contribution is -2.68. The smallest absolute Gasteiger partial charge is 0.212 e. The van der Waals surface area contributed by atoms with Crippen molar-refractivity contribution < 1.29 is 4.74 Å². The first kappa shape index (κ1) is 24.2. The van der Waals surface area contributed by atoms with Crippen LogP contribution in [-0.4, -0.2) is 63.3 Å². The molecule has 0 amide bonds. The molecule has 194 valence electrons. The molecule has 9 heteroatoms. The van der Waals surface area contributed by atoms with Gasteiger partial charge in [0.25, 0.3) is 0 Å². The highest BCUT2D eigenvalue weighted by Crippen LogP contribution is 2.36. The van der Waals surface area contributed by atoms with Crippen molar-refractivity contribution >= 4 is 17.0 Å². The van der Waals surface area contributed by atoms with E-state index in [9.17, 15) is 5.26 Å². The van der Waals surface area contributed by atoms with E-state index >= 15 is 0 Å². The van der Waals surface area contributed by atoms with Crippen molar-refractivity contribution in [3.05, 3.63) is 66.2 Å². The van der Waals surface area contributed by atoms with Crippen LogP contribution in [0.25, 0.3) is 16.6 Å². The number of fused-ring (bicyclic) bond motifs is 3. The standard InChI is InChI=1S/C29H32N8O/c1-19(2)11-31-23-8-26(29-22(10-30)14-34-37(29)16-23)21-5-6-27(32-13-21)35-17-24-9-25(18-35)36(24)15-20-4-7-28(38-3)33-12-20/h4-8,12-14,16,19,24-25,31H,9,11,15,17-18H2,1-3H3. The van der Waals surface area contributed by atoms with Gasteiger partial charge in [0.1, 0.15) is 11.9 Å². The van der Waals surface area contributed by atoms with E-state index < -0.39 is 0 Å². The normalized spacial score (nSPS) is 18.9. The number of methoxy groups -OCH3 is 1. The molecule has 2 unspecified atom stereocenters. The van der Waals surface area contributed by atoms with E-state index in [0.29, 0.717) is 29.4 Å². The largest absolute Gasteiger partial charge is 0.481 e. The van der Waals surface area contributed by atoms with E-state index in [1.807, 2.05) is 24.7 Å². The Balaban J connectivity index is 1.19. The monoisotopic (exact) mass is 508 g/mol. The first-order chi connectivity index (χ1) is 18.5. The molecule has 0 spiro atoms. The third-order valence-corrected chi connectivity index (χ3v) is 7.55. The van der Waals surface area contributed by atoms with Gasteiger partial charge in [-0.3, -0.25) is 4.90 Å². The molecular weight excluding hydrogens is 476 g/mol. The fraction of sp³-hybridized carbons (Fsp3) is 0.379. The van der Waals surface area contributed by atoms with Crippen LogP contribution in [0.1, 0.15) is 31.4 Å². The van der Waals surface area contributed by atoms with Crippen LogP contribution < -0.4 is 15.0 Å². The molecule has 3 aliphatic heterocycles. The number of hydrogen-bond acceptors (Lipinski definition) is 8. The molecule has 7 rings (SSSR count). The van der Waals surface area contributed by atoms with Crippen molar-refractivity contribution in [3.63, 3.8) is 0 Å². The molecule has 4 aromatic heterocycles. The number of ether oxygens (including phenoxy) is 1. The molecule has 3 fully saturated rings. The van der Waals surface area contributed by atoms with Crippen LogP contribution in [0.4, 0.5) is 11.5 Å². The Bertz CT molecular complexity index is 1460. The second-order valence-electron chi connectivity index (χ2n) is 10.6. The van der Waals surface area contributed by atoms with Crippen LogP contribution in [0.15, 0.2) is 55.1 Å². The zero-order chi connectivity index (χ0) is 26.2. The van der Waals surface area contributed by atoms with Gasteiger partial charge in [-0.1, -0.05) is 19.9 Å². The summed E-state index contributed by atoms with van der Waals surface area (Å²) in [6.07, 6.45) is 8.63. The third-order valence-electron chi connectivity index (χ3n) is 7.55. The second kappa shape index (κ2) is 9.95. The molecule has 4 aromatic rings. The Labute approximate surface area is 222 Å². The minimum atomic E-state index is 0.516. The van der Waals surface area contributed by atoms with E-state index in [1.54, 1.807) is 17.8 Å². The van der Waals surface area contributed by atoms with Crippen LogP contribution in [0.3, 0.4) is 0 Å². The summed E-state index contributed by atoms with van der Waals surface area (Å²) in [4.78, 5) is 14.2. The molecule has 0 aliphatic carbocycles. The number of aromatic nitrogens is 4. The van der Waals surface area contributed by atoms with Crippen molar-refractivity contribution in [2.75, 3.05) is 37.0 Å². The number of pyridine rings is 3. The number of nitriles is 1. The van der Waals surface area contributed by atoms with Gasteiger partial charge >= 0.3 is 0 Å². The topological polar surface area (TPSA) is 94.6 Å². The molecule has 9 nitrogen and oxygen atoms in total. The van der Waals surface area contributed by atoms with E-state index in [2.05, 4.69) is 69.4 Å². The van der Waals surface area contributed by atoms with Gasteiger partial charge in [-0.15, -0.1) is 0 Å². The zero-order valence-corrected chi connectivity index (χ0v) is 22.0. The van der Waals surface area contributed by atoms with Crippen molar-refractivity contribution in [3.8, 4) is 23.1 Å². The summed E-state index contributed by atoms with van der Waals surface area (Å²) in [6, 6.07) is 13.7. The Morgan fingerprint density at radius 1 is 1.11 bits per heavy atom. The highest BCUT2D eigenvalue weighted by Gasteiger charge is 2.44. The van der Waals surface area contributed by atoms with Gasteiger partial charge in [-0.05, 0) is 36.1 Å². The van der Waals surface area contributed by atoms with Crippen LogP contribution >= 0.6 is 0 Å². The summed E-state index contributed by atoms with van der Waals surface area (Å²) in [5.41, 5.74) is 5.47. The highest BCUT2D eigenvalue weighted by atomic mass is 16.5. The first-order valence-electron chi connectivity index (χ1n) is 13.1. The summed E-state index contributed by atoms with van der Waals surface area (Å²) in [7, 11) is 1.64. The Hall–Kier alpha value is -4.16. The number of nitrogens with one attached hydrogen (secondary N) is 1. The molecule has 2 atom stereocenters. The van der Waals surface area contributed by atoms with Gasteiger partial charge < -0.3 is 15.0 Å². The Morgan fingerprint density at radius 3 is 2.61 bits per heavy atom. The maximum atomic E-state index is 9.67. The average Bonchev–Trinajstić information content (AvgIpc) is 3.38. The molecule has 3 saturated heterocycles. The number of piperazine rings is 1. The minimum absolute atomic E-state index is 0.516. The second-order valence-corrected chi connectivity index (χ2v) is 10.6. The predicted octanol–water partition coefficient (Wildman–Crippen LogP) is 4.20. The number of piperidine rings is 1. The molecule has 0 saturated carbocycles. The van der Waals surface area contributed by atoms with E-state index in [-0.39, 0.29) is 0 Å². The molecule has 1 N–H and O–H groups in total. The summed E-state index contributed by atoms with van der Waals surface area (Å²) >= 11 is 0. The fourth-order valence-corrected chi connectivity index (χ4v) is 5.54. The number of nitrogens with zero attached hydrogens (tertiary/aromatic N) is 7. The van der Waals surface area contributed by atoms with Crippen LogP contribution in [0, 0.1) is 17.2 Å². The maximum Gasteiger partial charge on any atom is 0.212 e. The summed E-state index contributed by atoms with van der Waals surface area (Å²) < 4.78 is 6.97. The van der Waals surface area contributed by atoms with Gasteiger partial charge in [0, 0.05) is 67.8 Å². The molecule has 2 bridgehead atoms. The predicted molar refractivity (Wildman–Crippen MR) is 147 cm³/mol. The molecule has 38 heavy (non-hydrogen) atoms. The zero-order valence-electron chi connectivity index (χ0n) is 22.0. The lowest BCUT2D eigenvalue weighted by atomic mass is 9.87. The van der Waals surface area contributed by atoms with Crippen LogP contribution in [0.2, 0.25) is 0 Å². The van der Waals surface area contributed by atoms with Crippen LogP contribution in [-0.2, 0) is 6.54 Å². The summed E-state index contributed by atoms with van der Waals surface area (Å²) in [6.45, 7) is 8.06. The fourth-order valence-electron chi connectivity index (χ4n) is 5.54. The first-order valence-corrected chi connectivity index (χ1v) is 13.1. The third kappa shape index (κ3) is 4.52. The molecular formula is C29H32N8O. The minimum Gasteiger partial charge on any atom is -0.481 e. The van der Waals surface area contributed by atoms with E-state index in [0.717, 1.165) is 54.3 Å². The van der Waals surface area contributed by atoms with Crippen LogP contribution in [0.5, 0.6) is 5.88 Å². The van der Waals surface area contributed by atoms with Gasteiger partial charge in [0.05, 0.1) is 36.3 Å². The van der Waals surface area contributed by atoms with Gasteiger partial charge in [0.15, 0.2) is 0 Å². The van der Waals surface area contributed by atoms with E-state index in [4.69, 9.17) is 9.72 Å². The van der Waals surface area contributed by atoms with Crippen molar-refractivity contribution in [2.45, 2.75) is 38.9 Å². The van der Waals surface area contributed by atoms with E-state index in [1.165, 1.54) is 12.0 Å². The quantitative estimate of drug-likeness (QED) is 0.378. The van der Waals surface area contributed by atoms with Gasteiger partial charge in [-0.2, -0.15) is 10.4 Å². The summed E-state index contributed by atoms with van der Waals surface area (Å²) in [5.74, 6) is 2.16. The summed E-state index contributed by atoms with van der Waals surface area (Å²) in [5, 5.41) is 17.6. The lowest BCUT2D eigenvalue weighted by Gasteiger charge is -2.56.